The van der Waals surface area contributed by atoms with Crippen molar-refractivity contribution in [1.82, 2.24) is 5.32 Å². The van der Waals surface area contributed by atoms with Crippen molar-refractivity contribution >= 4 is 5.78 Å². The van der Waals surface area contributed by atoms with E-state index in [-0.39, 0.29) is 5.78 Å². The molecule has 0 aliphatic rings. The molecule has 94 valence electrons. The van der Waals surface area contributed by atoms with E-state index in [0.717, 1.165) is 16.9 Å². The highest BCUT2D eigenvalue weighted by molar-refractivity contribution is 5.83. The van der Waals surface area contributed by atoms with Crippen molar-refractivity contribution in [2.24, 2.45) is 0 Å². The molecule has 0 aliphatic heterocycles. The minimum atomic E-state index is 0.183. The van der Waals surface area contributed by atoms with Crippen LogP contribution < -0.4 is 10.1 Å². The van der Waals surface area contributed by atoms with Crippen LogP contribution in [-0.2, 0) is 11.2 Å². The van der Waals surface area contributed by atoms with Crippen molar-refractivity contribution in [3.8, 4) is 5.75 Å². The Balaban J connectivity index is 2.66. The normalized spacial score (nSPS) is 10.6. The smallest absolute Gasteiger partial charge is 0.151 e. The lowest BCUT2D eigenvalue weighted by Gasteiger charge is -2.10. The number of methoxy groups -OCH3 is 1. The van der Waals surface area contributed by atoms with Crippen LogP contribution in [0.2, 0.25) is 0 Å². The number of ether oxygens (including phenoxy) is 1. The first-order chi connectivity index (χ1) is 8.02. The maximum Gasteiger partial charge on any atom is 0.151 e. The molecule has 0 saturated carbocycles. The highest BCUT2D eigenvalue weighted by atomic mass is 16.5. The molecule has 1 rings (SSSR count). The van der Waals surface area contributed by atoms with Crippen LogP contribution in [-0.4, -0.2) is 25.5 Å². The molecule has 0 spiro atoms. The highest BCUT2D eigenvalue weighted by Gasteiger charge is 2.09. The van der Waals surface area contributed by atoms with Gasteiger partial charge in [-0.25, -0.2) is 0 Å². The quantitative estimate of drug-likeness (QED) is 0.820. The number of nitrogens with one attached hydrogen (secondary N) is 1. The Morgan fingerprint density at radius 1 is 1.41 bits per heavy atom. The molecule has 0 fully saturated rings. The monoisotopic (exact) mass is 235 g/mol. The minimum Gasteiger partial charge on any atom is -0.496 e. The van der Waals surface area contributed by atoms with Crippen LogP contribution in [0.25, 0.3) is 0 Å². The zero-order valence-electron chi connectivity index (χ0n) is 11.0. The van der Waals surface area contributed by atoms with Gasteiger partial charge in [0.25, 0.3) is 0 Å². The van der Waals surface area contributed by atoms with Crippen molar-refractivity contribution in [2.75, 3.05) is 13.7 Å². The van der Waals surface area contributed by atoms with Crippen LogP contribution >= 0.6 is 0 Å². The summed E-state index contributed by atoms with van der Waals surface area (Å²) in [4.78, 5) is 11.8. The van der Waals surface area contributed by atoms with Gasteiger partial charge in [0.05, 0.1) is 13.7 Å². The Bertz CT molecular complexity index is 386. The topological polar surface area (TPSA) is 38.3 Å². The van der Waals surface area contributed by atoms with Gasteiger partial charge in [-0.15, -0.1) is 0 Å². The second-order valence-electron chi connectivity index (χ2n) is 4.57. The molecule has 17 heavy (non-hydrogen) atoms. The zero-order chi connectivity index (χ0) is 12.8. The number of aryl methyl sites for hydroxylation is 1. The first-order valence-corrected chi connectivity index (χ1v) is 5.91. The first-order valence-electron chi connectivity index (χ1n) is 5.91. The van der Waals surface area contributed by atoms with Gasteiger partial charge in [0.15, 0.2) is 5.78 Å². The molecule has 3 heteroatoms. The molecule has 1 aromatic carbocycles. The largest absolute Gasteiger partial charge is 0.496 e. The predicted molar refractivity (Wildman–Crippen MR) is 69.6 cm³/mol. The predicted octanol–water partition coefficient (Wildman–Crippen LogP) is 2.11. The van der Waals surface area contributed by atoms with Gasteiger partial charge in [-0.1, -0.05) is 31.5 Å². The van der Waals surface area contributed by atoms with Crippen LogP contribution in [0.5, 0.6) is 5.75 Å². The molecule has 0 aromatic heterocycles. The molecular weight excluding hydrogens is 214 g/mol. The number of benzene rings is 1. The first kappa shape index (κ1) is 13.7. The molecule has 0 unspecified atom stereocenters. The maximum absolute atomic E-state index is 11.8. The summed E-state index contributed by atoms with van der Waals surface area (Å²) < 4.78 is 5.25. The second-order valence-corrected chi connectivity index (χ2v) is 4.57. The molecule has 0 heterocycles. The standard InChI is InChI=1S/C14H21NO2/c1-10(2)15-9-13(16)8-12-7-11(3)5-6-14(12)17-4/h5-7,10,15H,8-9H2,1-4H3. The molecule has 0 aliphatic carbocycles. The van der Waals surface area contributed by atoms with Gasteiger partial charge in [-0.2, -0.15) is 0 Å². The van der Waals surface area contributed by atoms with Crippen molar-refractivity contribution in [3.63, 3.8) is 0 Å². The van der Waals surface area contributed by atoms with Crippen molar-refractivity contribution in [3.05, 3.63) is 29.3 Å². The van der Waals surface area contributed by atoms with E-state index in [1.807, 2.05) is 39.0 Å². The average Bonchev–Trinajstić information content (AvgIpc) is 2.27. The van der Waals surface area contributed by atoms with Gasteiger partial charge in [0.1, 0.15) is 5.75 Å². The Morgan fingerprint density at radius 2 is 2.12 bits per heavy atom. The zero-order valence-corrected chi connectivity index (χ0v) is 11.0. The lowest BCUT2D eigenvalue weighted by atomic mass is 10.0. The van der Waals surface area contributed by atoms with E-state index in [0.29, 0.717) is 19.0 Å². The molecule has 3 nitrogen and oxygen atoms in total. The number of hydrogen-bond acceptors (Lipinski definition) is 3. The number of hydrogen-bond donors (Lipinski definition) is 1. The fourth-order valence-electron chi connectivity index (χ4n) is 1.64. The number of ketones is 1. The van der Waals surface area contributed by atoms with E-state index in [4.69, 9.17) is 4.74 Å². The Hall–Kier alpha value is -1.35. The van der Waals surface area contributed by atoms with Crippen LogP contribution in [0.1, 0.15) is 25.0 Å². The van der Waals surface area contributed by atoms with Crippen molar-refractivity contribution in [1.29, 1.82) is 0 Å². The van der Waals surface area contributed by atoms with Crippen molar-refractivity contribution < 1.29 is 9.53 Å². The Morgan fingerprint density at radius 3 is 2.71 bits per heavy atom. The molecule has 0 radical (unpaired) electrons. The van der Waals surface area contributed by atoms with Crippen LogP contribution in [0.15, 0.2) is 18.2 Å². The van der Waals surface area contributed by atoms with Gasteiger partial charge in [-0.05, 0) is 13.0 Å². The molecule has 0 saturated heterocycles. The fraction of sp³-hybridized carbons (Fsp3) is 0.500. The summed E-state index contributed by atoms with van der Waals surface area (Å²) >= 11 is 0. The summed E-state index contributed by atoms with van der Waals surface area (Å²) in [5.74, 6) is 0.969. The Kier molecular flexibility index (Phi) is 5.16. The minimum absolute atomic E-state index is 0.183. The van der Waals surface area contributed by atoms with E-state index in [1.54, 1.807) is 7.11 Å². The van der Waals surface area contributed by atoms with Gasteiger partial charge in [0, 0.05) is 18.0 Å². The molecule has 0 bridgehead atoms. The third kappa shape index (κ3) is 4.57. The molecule has 1 N–H and O–H groups in total. The van der Waals surface area contributed by atoms with E-state index < -0.39 is 0 Å². The lowest BCUT2D eigenvalue weighted by Crippen LogP contribution is -2.30. The summed E-state index contributed by atoms with van der Waals surface area (Å²) in [5, 5.41) is 3.13. The third-order valence-corrected chi connectivity index (χ3v) is 2.53. The van der Waals surface area contributed by atoms with E-state index in [9.17, 15) is 4.79 Å². The SMILES string of the molecule is COc1ccc(C)cc1CC(=O)CNC(C)C. The van der Waals surface area contributed by atoms with Gasteiger partial charge in [0.2, 0.25) is 0 Å². The number of carbonyl (C=O) groups is 1. The fourth-order valence-corrected chi connectivity index (χ4v) is 1.64. The van der Waals surface area contributed by atoms with Crippen LogP contribution in [0.4, 0.5) is 0 Å². The molecule has 0 amide bonds. The van der Waals surface area contributed by atoms with Crippen LogP contribution in [0.3, 0.4) is 0 Å². The van der Waals surface area contributed by atoms with E-state index in [2.05, 4.69) is 5.32 Å². The number of Topliss-reactive ketones (excluding diaryl/α,β-unsaturated/α-hetero) is 1. The second kappa shape index (κ2) is 6.40. The van der Waals surface area contributed by atoms with Crippen LogP contribution in [0, 0.1) is 6.92 Å². The van der Waals surface area contributed by atoms with Gasteiger partial charge >= 0.3 is 0 Å². The van der Waals surface area contributed by atoms with Gasteiger partial charge in [-0.3, -0.25) is 4.79 Å². The summed E-state index contributed by atoms with van der Waals surface area (Å²) in [5.41, 5.74) is 2.11. The highest BCUT2D eigenvalue weighted by Crippen LogP contribution is 2.20. The van der Waals surface area contributed by atoms with E-state index >= 15 is 0 Å². The number of rotatable bonds is 6. The summed E-state index contributed by atoms with van der Waals surface area (Å²) in [6.45, 7) is 6.48. The average molecular weight is 235 g/mol. The number of carbonyl (C=O) groups excluding carboxylic acids is 1. The molecular formula is C14H21NO2. The third-order valence-electron chi connectivity index (χ3n) is 2.53. The summed E-state index contributed by atoms with van der Waals surface area (Å²) in [6.07, 6.45) is 0.421. The van der Waals surface area contributed by atoms with Gasteiger partial charge < -0.3 is 10.1 Å². The summed E-state index contributed by atoms with van der Waals surface area (Å²) in [7, 11) is 1.63. The summed E-state index contributed by atoms with van der Waals surface area (Å²) in [6, 6.07) is 6.23. The Labute approximate surface area is 103 Å². The van der Waals surface area contributed by atoms with E-state index in [1.165, 1.54) is 0 Å². The van der Waals surface area contributed by atoms with Crippen molar-refractivity contribution in [2.45, 2.75) is 33.2 Å². The maximum atomic E-state index is 11.8. The molecule has 0 atom stereocenters. The lowest BCUT2D eigenvalue weighted by molar-refractivity contribution is -0.117. The molecule has 1 aromatic rings.